The highest BCUT2D eigenvalue weighted by Crippen LogP contribution is 2.32. The van der Waals surface area contributed by atoms with Crippen molar-refractivity contribution in [3.63, 3.8) is 0 Å². The topological polar surface area (TPSA) is 38.3 Å². The first kappa shape index (κ1) is 15.4. The Kier molecular flexibility index (Phi) is 4.52. The zero-order valence-electron chi connectivity index (χ0n) is 11.0. The molecule has 0 fully saturated rings. The Labute approximate surface area is 122 Å². The molecule has 0 spiro atoms. The standard InChI is InChI=1S/C14H12F3NO2S/c1-20-11-8-6-10(7-9-11)18-12-4-2-3-5-13(12)21(19)14(15,16)17/h2-9,18H,1H3. The molecule has 3 nitrogen and oxygen atoms in total. The van der Waals surface area contributed by atoms with Crippen LogP contribution in [0.3, 0.4) is 0 Å². The van der Waals surface area contributed by atoms with Crippen molar-refractivity contribution in [2.75, 3.05) is 12.4 Å². The van der Waals surface area contributed by atoms with Gasteiger partial charge in [0.1, 0.15) is 5.75 Å². The Bertz CT molecular complexity index is 641. The highest BCUT2D eigenvalue weighted by molar-refractivity contribution is 7.86. The van der Waals surface area contributed by atoms with E-state index in [1.807, 2.05) is 0 Å². The van der Waals surface area contributed by atoms with Gasteiger partial charge >= 0.3 is 5.51 Å². The Morgan fingerprint density at radius 1 is 1.05 bits per heavy atom. The summed E-state index contributed by atoms with van der Waals surface area (Å²) in [6, 6.07) is 12.3. The minimum absolute atomic E-state index is 0.151. The second kappa shape index (κ2) is 6.17. The number of para-hydroxylation sites is 1. The summed E-state index contributed by atoms with van der Waals surface area (Å²) < 4.78 is 54.3. The van der Waals surface area contributed by atoms with Gasteiger partial charge in [-0.05, 0) is 36.4 Å². The fourth-order valence-corrected chi connectivity index (χ4v) is 2.46. The van der Waals surface area contributed by atoms with Crippen molar-refractivity contribution < 1.29 is 22.1 Å². The van der Waals surface area contributed by atoms with Crippen LogP contribution in [0.1, 0.15) is 0 Å². The largest absolute Gasteiger partial charge is 0.497 e. The number of rotatable bonds is 4. The van der Waals surface area contributed by atoms with E-state index in [1.54, 1.807) is 30.3 Å². The Balaban J connectivity index is 2.30. The van der Waals surface area contributed by atoms with Crippen molar-refractivity contribution in [3.05, 3.63) is 48.5 Å². The van der Waals surface area contributed by atoms with E-state index in [-0.39, 0.29) is 10.6 Å². The molecule has 0 radical (unpaired) electrons. The summed E-state index contributed by atoms with van der Waals surface area (Å²) in [7, 11) is -1.56. The number of benzene rings is 2. The lowest BCUT2D eigenvalue weighted by molar-refractivity contribution is -0.0384. The zero-order chi connectivity index (χ0) is 15.5. The predicted molar refractivity (Wildman–Crippen MR) is 75.2 cm³/mol. The molecule has 1 atom stereocenters. The number of alkyl halides is 3. The molecule has 0 saturated carbocycles. The van der Waals surface area contributed by atoms with Gasteiger partial charge in [0.25, 0.3) is 0 Å². The van der Waals surface area contributed by atoms with Crippen molar-refractivity contribution in [2.45, 2.75) is 10.4 Å². The summed E-state index contributed by atoms with van der Waals surface area (Å²) >= 11 is 0. The molecule has 0 heterocycles. The monoisotopic (exact) mass is 315 g/mol. The second-order valence-electron chi connectivity index (χ2n) is 4.06. The van der Waals surface area contributed by atoms with Gasteiger partial charge in [-0.1, -0.05) is 12.1 Å². The molecular weight excluding hydrogens is 303 g/mol. The zero-order valence-corrected chi connectivity index (χ0v) is 11.8. The van der Waals surface area contributed by atoms with Crippen LogP contribution in [0.25, 0.3) is 0 Å². The minimum atomic E-state index is -4.79. The van der Waals surface area contributed by atoms with E-state index < -0.39 is 16.3 Å². The Morgan fingerprint density at radius 3 is 2.24 bits per heavy atom. The average molecular weight is 315 g/mol. The van der Waals surface area contributed by atoms with Crippen molar-refractivity contribution >= 4 is 22.2 Å². The molecule has 0 saturated heterocycles. The van der Waals surface area contributed by atoms with Gasteiger partial charge in [-0.2, -0.15) is 13.2 Å². The number of halogens is 3. The van der Waals surface area contributed by atoms with Crippen LogP contribution in [0.4, 0.5) is 24.5 Å². The summed E-state index contributed by atoms with van der Waals surface area (Å²) in [5.74, 6) is 0.632. The van der Waals surface area contributed by atoms with E-state index in [2.05, 4.69) is 5.32 Å². The maximum atomic E-state index is 12.6. The van der Waals surface area contributed by atoms with Crippen molar-refractivity contribution in [2.24, 2.45) is 0 Å². The van der Waals surface area contributed by atoms with Crippen molar-refractivity contribution in [1.29, 1.82) is 0 Å². The van der Waals surface area contributed by atoms with Gasteiger partial charge in [-0.3, -0.25) is 0 Å². The molecule has 2 rings (SSSR count). The van der Waals surface area contributed by atoms with Crippen molar-refractivity contribution in [3.8, 4) is 5.75 Å². The number of methoxy groups -OCH3 is 1. The number of ether oxygens (including phenoxy) is 1. The van der Waals surface area contributed by atoms with Crippen LogP contribution in [-0.4, -0.2) is 16.8 Å². The first-order valence-corrected chi connectivity index (χ1v) is 7.05. The molecule has 1 N–H and O–H groups in total. The fraction of sp³-hybridized carbons (Fsp3) is 0.143. The Hall–Kier alpha value is -2.02. The molecule has 0 aliphatic carbocycles. The normalized spacial score (nSPS) is 12.8. The maximum Gasteiger partial charge on any atom is 0.475 e. The highest BCUT2D eigenvalue weighted by atomic mass is 32.2. The van der Waals surface area contributed by atoms with Crippen LogP contribution in [-0.2, 0) is 10.8 Å². The highest BCUT2D eigenvalue weighted by Gasteiger charge is 2.39. The molecule has 112 valence electrons. The fourth-order valence-electron chi connectivity index (χ4n) is 1.69. The van der Waals surface area contributed by atoms with E-state index in [1.165, 1.54) is 25.3 Å². The van der Waals surface area contributed by atoms with Crippen LogP contribution in [0.5, 0.6) is 5.75 Å². The molecule has 21 heavy (non-hydrogen) atoms. The quantitative estimate of drug-likeness (QED) is 0.924. The lowest BCUT2D eigenvalue weighted by Crippen LogP contribution is -2.17. The van der Waals surface area contributed by atoms with Crippen LogP contribution in [0.15, 0.2) is 53.4 Å². The summed E-state index contributed by atoms with van der Waals surface area (Å²) in [5, 5.41) is 2.83. The van der Waals surface area contributed by atoms with E-state index in [4.69, 9.17) is 4.74 Å². The van der Waals surface area contributed by atoms with Gasteiger partial charge in [0, 0.05) is 5.69 Å². The summed E-state index contributed by atoms with van der Waals surface area (Å²) in [5.41, 5.74) is -4.07. The van der Waals surface area contributed by atoms with Gasteiger partial charge < -0.3 is 10.1 Å². The number of hydrogen-bond donors (Lipinski definition) is 1. The lowest BCUT2D eigenvalue weighted by Gasteiger charge is -2.13. The van der Waals surface area contributed by atoms with E-state index >= 15 is 0 Å². The molecule has 0 aliphatic heterocycles. The van der Waals surface area contributed by atoms with Gasteiger partial charge in [-0.25, -0.2) is 4.21 Å². The SMILES string of the molecule is COc1ccc(Nc2ccccc2S(=O)C(F)(F)F)cc1. The molecule has 2 aromatic rings. The van der Waals surface area contributed by atoms with E-state index in [9.17, 15) is 17.4 Å². The van der Waals surface area contributed by atoms with E-state index in [0.717, 1.165) is 0 Å². The first-order valence-electron chi connectivity index (χ1n) is 5.90. The third-order valence-corrected chi connectivity index (χ3v) is 3.84. The summed E-state index contributed by atoms with van der Waals surface area (Å²) in [4.78, 5) is -0.305. The van der Waals surface area contributed by atoms with Gasteiger partial charge in [-0.15, -0.1) is 0 Å². The van der Waals surface area contributed by atoms with Crippen LogP contribution in [0.2, 0.25) is 0 Å². The molecule has 1 unspecified atom stereocenters. The molecule has 2 aromatic carbocycles. The van der Waals surface area contributed by atoms with Gasteiger partial charge in [0.05, 0.1) is 17.7 Å². The lowest BCUT2D eigenvalue weighted by atomic mass is 10.2. The number of anilines is 2. The third kappa shape index (κ3) is 3.75. The van der Waals surface area contributed by atoms with Crippen LogP contribution < -0.4 is 10.1 Å². The second-order valence-corrected chi connectivity index (χ2v) is 5.50. The average Bonchev–Trinajstić information content (AvgIpc) is 2.47. The molecule has 0 aliphatic rings. The summed E-state index contributed by atoms with van der Waals surface area (Å²) in [6.07, 6.45) is 0. The van der Waals surface area contributed by atoms with Crippen LogP contribution >= 0.6 is 0 Å². The van der Waals surface area contributed by atoms with Gasteiger partial charge in [0.2, 0.25) is 0 Å². The first-order chi connectivity index (χ1) is 9.91. The third-order valence-electron chi connectivity index (χ3n) is 2.67. The molecule has 0 aromatic heterocycles. The Morgan fingerprint density at radius 2 is 1.67 bits per heavy atom. The molecule has 0 amide bonds. The van der Waals surface area contributed by atoms with Crippen molar-refractivity contribution in [1.82, 2.24) is 0 Å². The minimum Gasteiger partial charge on any atom is -0.497 e. The molecular formula is C14H12F3NO2S. The smallest absolute Gasteiger partial charge is 0.475 e. The molecule has 0 bridgehead atoms. The van der Waals surface area contributed by atoms with Gasteiger partial charge in [0.15, 0.2) is 10.8 Å². The van der Waals surface area contributed by atoms with Crippen LogP contribution in [0, 0.1) is 0 Å². The predicted octanol–water partition coefficient (Wildman–Crippen LogP) is 4.07. The maximum absolute atomic E-state index is 12.6. The van der Waals surface area contributed by atoms with E-state index in [0.29, 0.717) is 11.4 Å². The number of hydrogen-bond acceptors (Lipinski definition) is 3. The number of nitrogens with one attached hydrogen (secondary N) is 1. The summed E-state index contributed by atoms with van der Waals surface area (Å²) in [6.45, 7) is 0. The molecule has 7 heteroatoms.